The summed E-state index contributed by atoms with van der Waals surface area (Å²) in [5, 5.41) is 3.17. The second kappa shape index (κ2) is 8.56. The Morgan fingerprint density at radius 1 is 1.16 bits per heavy atom. The van der Waals surface area contributed by atoms with Crippen LogP contribution in [-0.2, 0) is 13.0 Å². The standard InChI is InChI=1S/C20H26N4.HI/c1-14-6-8-18(11-15(14)2)23-20(21)22-13-16-7-9-19-17(12-16)5-4-10-24(19)3;/h6-9,11-12H,4-5,10,13H2,1-3H3,(H3,21,22,23);1H. The molecular weight excluding hydrogens is 423 g/mol. The monoisotopic (exact) mass is 450 g/mol. The zero-order chi connectivity index (χ0) is 17.1. The minimum atomic E-state index is 0. The van der Waals surface area contributed by atoms with Gasteiger partial charge in [0.1, 0.15) is 0 Å². The first kappa shape index (κ1) is 19.6. The molecule has 0 fully saturated rings. The predicted molar refractivity (Wildman–Crippen MR) is 118 cm³/mol. The molecule has 5 heteroatoms. The van der Waals surface area contributed by atoms with Crippen molar-refractivity contribution in [3.63, 3.8) is 0 Å². The van der Waals surface area contributed by atoms with E-state index >= 15 is 0 Å². The number of aryl methyl sites for hydroxylation is 3. The normalized spacial score (nSPS) is 13.9. The number of nitrogens with zero attached hydrogens (tertiary/aromatic N) is 2. The molecule has 0 aromatic heterocycles. The molecule has 3 rings (SSSR count). The Labute approximate surface area is 167 Å². The highest BCUT2D eigenvalue weighted by Crippen LogP contribution is 2.27. The first-order chi connectivity index (χ1) is 11.5. The van der Waals surface area contributed by atoms with Gasteiger partial charge < -0.3 is 16.0 Å². The third kappa shape index (κ3) is 4.87. The van der Waals surface area contributed by atoms with E-state index < -0.39 is 0 Å². The second-order valence-electron chi connectivity index (χ2n) is 6.61. The number of nitrogens with two attached hydrogens (primary N) is 1. The van der Waals surface area contributed by atoms with Crippen LogP contribution in [-0.4, -0.2) is 19.6 Å². The largest absolute Gasteiger partial charge is 0.374 e. The second-order valence-corrected chi connectivity index (χ2v) is 6.61. The Bertz CT molecular complexity index is 770. The van der Waals surface area contributed by atoms with Crippen LogP contribution in [0.15, 0.2) is 41.4 Å². The van der Waals surface area contributed by atoms with Gasteiger partial charge in [-0.05, 0) is 67.1 Å². The SMILES string of the molecule is Cc1ccc(NC(N)=NCc2ccc3c(c2)CCCN3C)cc1C.I. The highest BCUT2D eigenvalue weighted by molar-refractivity contribution is 14.0. The van der Waals surface area contributed by atoms with Crippen molar-refractivity contribution in [3.05, 3.63) is 58.7 Å². The molecule has 0 saturated heterocycles. The van der Waals surface area contributed by atoms with Crippen LogP contribution in [0.4, 0.5) is 11.4 Å². The van der Waals surface area contributed by atoms with E-state index in [1.807, 2.05) is 6.07 Å². The number of guanidine groups is 1. The molecular formula is C20H27IN4. The van der Waals surface area contributed by atoms with Gasteiger partial charge in [0.2, 0.25) is 0 Å². The van der Waals surface area contributed by atoms with Crippen LogP contribution in [0, 0.1) is 13.8 Å². The lowest BCUT2D eigenvalue weighted by molar-refractivity contribution is 0.743. The van der Waals surface area contributed by atoms with E-state index in [-0.39, 0.29) is 24.0 Å². The average Bonchev–Trinajstić information content (AvgIpc) is 2.56. The number of fused-ring (bicyclic) bond motifs is 1. The van der Waals surface area contributed by atoms with E-state index in [4.69, 9.17) is 5.73 Å². The molecule has 0 amide bonds. The summed E-state index contributed by atoms with van der Waals surface area (Å²) < 4.78 is 0. The maximum Gasteiger partial charge on any atom is 0.193 e. The van der Waals surface area contributed by atoms with Crippen LogP contribution in [0.25, 0.3) is 0 Å². The first-order valence-corrected chi connectivity index (χ1v) is 8.50. The lowest BCUT2D eigenvalue weighted by Gasteiger charge is -2.27. The third-order valence-electron chi connectivity index (χ3n) is 4.71. The van der Waals surface area contributed by atoms with Crippen molar-refractivity contribution in [2.24, 2.45) is 10.7 Å². The van der Waals surface area contributed by atoms with Crippen molar-refractivity contribution in [2.45, 2.75) is 33.2 Å². The fraction of sp³-hybridized carbons (Fsp3) is 0.350. The number of halogens is 1. The van der Waals surface area contributed by atoms with E-state index in [2.05, 4.69) is 66.4 Å². The Hall–Kier alpha value is -1.76. The van der Waals surface area contributed by atoms with Gasteiger partial charge in [-0.2, -0.15) is 0 Å². The van der Waals surface area contributed by atoms with E-state index in [0.717, 1.165) is 18.7 Å². The van der Waals surface area contributed by atoms with Gasteiger partial charge in [-0.15, -0.1) is 24.0 Å². The summed E-state index contributed by atoms with van der Waals surface area (Å²) in [4.78, 5) is 6.80. The molecule has 3 N–H and O–H groups in total. The van der Waals surface area contributed by atoms with Crippen molar-refractivity contribution >= 4 is 41.3 Å². The van der Waals surface area contributed by atoms with Gasteiger partial charge in [0.15, 0.2) is 5.96 Å². The highest BCUT2D eigenvalue weighted by atomic mass is 127. The van der Waals surface area contributed by atoms with E-state index in [1.54, 1.807) is 0 Å². The number of nitrogens with one attached hydrogen (secondary N) is 1. The number of aliphatic imine (C=N–C) groups is 1. The molecule has 1 heterocycles. The Morgan fingerprint density at radius 2 is 1.96 bits per heavy atom. The summed E-state index contributed by atoms with van der Waals surface area (Å²) in [5.74, 6) is 0.452. The summed E-state index contributed by atoms with van der Waals surface area (Å²) in [6.45, 7) is 5.93. The first-order valence-electron chi connectivity index (χ1n) is 8.50. The van der Waals surface area contributed by atoms with Crippen LogP contribution in [0.3, 0.4) is 0 Å². The van der Waals surface area contributed by atoms with Crippen molar-refractivity contribution in [1.29, 1.82) is 0 Å². The van der Waals surface area contributed by atoms with Crippen LogP contribution >= 0.6 is 24.0 Å². The summed E-state index contributed by atoms with van der Waals surface area (Å²) >= 11 is 0. The summed E-state index contributed by atoms with van der Waals surface area (Å²) in [5.41, 5.74) is 13.5. The molecule has 0 spiro atoms. The van der Waals surface area contributed by atoms with Gasteiger partial charge in [-0.3, -0.25) is 0 Å². The third-order valence-corrected chi connectivity index (χ3v) is 4.71. The Morgan fingerprint density at radius 3 is 2.72 bits per heavy atom. The molecule has 0 saturated carbocycles. The van der Waals surface area contributed by atoms with Gasteiger partial charge in [-0.25, -0.2) is 4.99 Å². The smallest absolute Gasteiger partial charge is 0.193 e. The van der Waals surface area contributed by atoms with Gasteiger partial charge in [-0.1, -0.05) is 18.2 Å². The molecule has 4 nitrogen and oxygen atoms in total. The predicted octanol–water partition coefficient (Wildman–Crippen LogP) is 4.23. The quantitative estimate of drug-likeness (QED) is 0.418. The number of anilines is 2. The minimum Gasteiger partial charge on any atom is -0.374 e. The lowest BCUT2D eigenvalue weighted by Crippen LogP contribution is -2.24. The van der Waals surface area contributed by atoms with Gasteiger partial charge in [0, 0.05) is 25.0 Å². The molecule has 134 valence electrons. The molecule has 1 aliphatic rings. The molecule has 0 bridgehead atoms. The number of rotatable bonds is 3. The summed E-state index contributed by atoms with van der Waals surface area (Å²) in [6.07, 6.45) is 2.36. The van der Waals surface area contributed by atoms with Crippen molar-refractivity contribution in [1.82, 2.24) is 0 Å². The van der Waals surface area contributed by atoms with Gasteiger partial charge in [0.05, 0.1) is 6.54 Å². The molecule has 2 aromatic rings. The van der Waals surface area contributed by atoms with Crippen LogP contribution in [0.1, 0.15) is 28.7 Å². The average molecular weight is 450 g/mol. The lowest BCUT2D eigenvalue weighted by atomic mass is 10.00. The van der Waals surface area contributed by atoms with Crippen LogP contribution in [0.5, 0.6) is 0 Å². The molecule has 0 radical (unpaired) electrons. The van der Waals surface area contributed by atoms with Crippen molar-refractivity contribution in [2.75, 3.05) is 23.8 Å². The Kier molecular flexibility index (Phi) is 6.70. The zero-order valence-electron chi connectivity index (χ0n) is 15.2. The molecule has 25 heavy (non-hydrogen) atoms. The van der Waals surface area contributed by atoms with Crippen molar-refractivity contribution in [3.8, 4) is 0 Å². The number of hydrogen-bond donors (Lipinski definition) is 2. The Balaban J connectivity index is 0.00000225. The molecule has 0 unspecified atom stereocenters. The van der Waals surface area contributed by atoms with E-state index in [1.165, 1.54) is 34.4 Å². The summed E-state index contributed by atoms with van der Waals surface area (Å²) in [6, 6.07) is 12.8. The number of hydrogen-bond acceptors (Lipinski definition) is 2. The fourth-order valence-electron chi connectivity index (χ4n) is 3.12. The van der Waals surface area contributed by atoms with E-state index in [9.17, 15) is 0 Å². The molecule has 2 aromatic carbocycles. The topological polar surface area (TPSA) is 53.6 Å². The maximum atomic E-state index is 6.03. The van der Waals surface area contributed by atoms with Crippen LogP contribution in [0.2, 0.25) is 0 Å². The molecule has 0 aliphatic carbocycles. The van der Waals surface area contributed by atoms with E-state index in [0.29, 0.717) is 12.5 Å². The maximum absolute atomic E-state index is 6.03. The fourth-order valence-corrected chi connectivity index (χ4v) is 3.12. The molecule has 0 atom stereocenters. The van der Waals surface area contributed by atoms with Gasteiger partial charge in [0.25, 0.3) is 0 Å². The highest BCUT2D eigenvalue weighted by Gasteiger charge is 2.13. The van der Waals surface area contributed by atoms with Crippen LogP contribution < -0.4 is 16.0 Å². The summed E-state index contributed by atoms with van der Waals surface area (Å²) in [7, 11) is 2.15. The number of benzene rings is 2. The van der Waals surface area contributed by atoms with Crippen molar-refractivity contribution < 1.29 is 0 Å². The zero-order valence-corrected chi connectivity index (χ0v) is 17.5. The molecule has 1 aliphatic heterocycles. The van der Waals surface area contributed by atoms with Gasteiger partial charge >= 0.3 is 0 Å². The minimum absolute atomic E-state index is 0.